The Kier molecular flexibility index (Phi) is 4.01. The molecule has 2 atom stereocenters. The van der Waals surface area contributed by atoms with Crippen molar-refractivity contribution in [2.45, 2.75) is 38.8 Å². The van der Waals surface area contributed by atoms with Crippen molar-refractivity contribution >= 4 is 5.91 Å². The molecule has 0 radical (unpaired) electrons. The summed E-state index contributed by atoms with van der Waals surface area (Å²) in [5, 5.41) is 3.61. The summed E-state index contributed by atoms with van der Waals surface area (Å²) in [5.74, 6) is 1.26. The molecule has 108 valence electrons. The van der Waals surface area contributed by atoms with Crippen molar-refractivity contribution < 1.29 is 4.79 Å². The van der Waals surface area contributed by atoms with Gasteiger partial charge < -0.3 is 10.2 Å². The molecule has 20 heavy (non-hydrogen) atoms. The van der Waals surface area contributed by atoms with Gasteiger partial charge in [0.25, 0.3) is 0 Å². The van der Waals surface area contributed by atoms with E-state index in [0.29, 0.717) is 23.8 Å². The molecule has 1 N–H and O–H groups in total. The molecular formula is C16H23N3O. The second-order valence-corrected chi connectivity index (χ2v) is 6.17. The number of amides is 1. The monoisotopic (exact) mass is 273 g/mol. The van der Waals surface area contributed by atoms with Crippen LogP contribution in [0.1, 0.15) is 31.7 Å². The summed E-state index contributed by atoms with van der Waals surface area (Å²) in [6.07, 6.45) is 6.97. The van der Waals surface area contributed by atoms with Crippen LogP contribution in [0, 0.1) is 11.8 Å². The molecule has 1 saturated carbocycles. The summed E-state index contributed by atoms with van der Waals surface area (Å²) < 4.78 is 0. The topological polar surface area (TPSA) is 45.2 Å². The molecule has 0 spiro atoms. The summed E-state index contributed by atoms with van der Waals surface area (Å²) in [4.78, 5) is 18.3. The zero-order valence-corrected chi connectivity index (χ0v) is 12.1. The van der Waals surface area contributed by atoms with Gasteiger partial charge in [-0.25, -0.2) is 0 Å². The van der Waals surface area contributed by atoms with Crippen molar-refractivity contribution in [3.63, 3.8) is 0 Å². The molecule has 1 aliphatic heterocycles. The number of nitrogens with one attached hydrogen (secondary N) is 1. The van der Waals surface area contributed by atoms with Crippen LogP contribution in [0.3, 0.4) is 0 Å². The second-order valence-electron chi connectivity index (χ2n) is 6.17. The minimum absolute atomic E-state index is 0.349. The molecule has 1 aliphatic carbocycles. The number of rotatable bonds is 4. The molecule has 0 unspecified atom stereocenters. The third kappa shape index (κ3) is 3.18. The summed E-state index contributed by atoms with van der Waals surface area (Å²) in [7, 11) is 0. The molecule has 2 heterocycles. The zero-order valence-electron chi connectivity index (χ0n) is 12.1. The molecular weight excluding hydrogens is 250 g/mol. The molecule has 0 bridgehead atoms. The van der Waals surface area contributed by atoms with E-state index in [1.165, 1.54) is 5.56 Å². The number of pyridine rings is 1. The first-order valence-corrected chi connectivity index (χ1v) is 7.65. The number of likely N-dealkylation sites (tertiary alicyclic amines) is 1. The molecule has 3 rings (SSSR count). The van der Waals surface area contributed by atoms with Gasteiger partial charge in [0, 0.05) is 44.0 Å². The van der Waals surface area contributed by atoms with Gasteiger partial charge in [0.15, 0.2) is 0 Å². The highest BCUT2D eigenvalue weighted by Gasteiger charge is 2.36. The fourth-order valence-corrected chi connectivity index (χ4v) is 2.99. The van der Waals surface area contributed by atoms with Crippen molar-refractivity contribution in [1.29, 1.82) is 0 Å². The van der Waals surface area contributed by atoms with Gasteiger partial charge in [-0.15, -0.1) is 0 Å². The van der Waals surface area contributed by atoms with Crippen LogP contribution in [-0.4, -0.2) is 34.9 Å². The smallest absolute Gasteiger partial charge is 0.225 e. The summed E-state index contributed by atoms with van der Waals surface area (Å²) in [6, 6.07) is 4.56. The highest BCUT2D eigenvalue weighted by atomic mass is 16.2. The Morgan fingerprint density at radius 3 is 2.95 bits per heavy atom. The predicted octanol–water partition coefficient (Wildman–Crippen LogP) is 1.82. The lowest BCUT2D eigenvalue weighted by atomic mass is 9.93. The second kappa shape index (κ2) is 5.92. The Hall–Kier alpha value is -1.42. The van der Waals surface area contributed by atoms with Crippen LogP contribution in [0.4, 0.5) is 0 Å². The van der Waals surface area contributed by atoms with Crippen LogP contribution in [0.5, 0.6) is 0 Å². The third-order valence-corrected chi connectivity index (χ3v) is 4.43. The molecule has 1 aromatic heterocycles. The van der Waals surface area contributed by atoms with Gasteiger partial charge in [0.2, 0.25) is 5.91 Å². The number of hydrogen-bond acceptors (Lipinski definition) is 3. The standard InChI is InChI=1S/C16H23N3O/c1-12-11-19(16(20)14-4-5-14)8-6-15(12)18-10-13-3-2-7-17-9-13/h2-3,7,9,12,14-15,18H,4-6,8,10-11H2,1H3/t12-,15-/m1/s1. The largest absolute Gasteiger partial charge is 0.342 e. The number of hydrogen-bond donors (Lipinski definition) is 1. The van der Waals surface area contributed by atoms with E-state index in [9.17, 15) is 4.79 Å². The SMILES string of the molecule is C[C@@H]1CN(C(=O)C2CC2)CC[C@H]1NCc1cccnc1. The fraction of sp³-hybridized carbons (Fsp3) is 0.625. The van der Waals surface area contributed by atoms with Gasteiger partial charge in [-0.1, -0.05) is 13.0 Å². The molecule has 1 aromatic rings. The van der Waals surface area contributed by atoms with Gasteiger partial charge in [-0.05, 0) is 36.8 Å². The van der Waals surface area contributed by atoms with Crippen LogP contribution in [0.2, 0.25) is 0 Å². The first-order valence-electron chi connectivity index (χ1n) is 7.65. The molecule has 2 aliphatic rings. The average Bonchev–Trinajstić information content (AvgIpc) is 3.31. The number of carbonyl (C=O) groups is 1. The van der Waals surface area contributed by atoms with Crippen LogP contribution >= 0.6 is 0 Å². The first-order chi connectivity index (χ1) is 9.74. The summed E-state index contributed by atoms with van der Waals surface area (Å²) >= 11 is 0. The van der Waals surface area contributed by atoms with E-state index < -0.39 is 0 Å². The Morgan fingerprint density at radius 1 is 1.45 bits per heavy atom. The molecule has 0 aromatic carbocycles. The van der Waals surface area contributed by atoms with Crippen LogP contribution in [0.25, 0.3) is 0 Å². The van der Waals surface area contributed by atoms with E-state index >= 15 is 0 Å². The molecule has 1 saturated heterocycles. The van der Waals surface area contributed by atoms with E-state index in [4.69, 9.17) is 0 Å². The minimum Gasteiger partial charge on any atom is -0.342 e. The number of nitrogens with zero attached hydrogens (tertiary/aromatic N) is 2. The van der Waals surface area contributed by atoms with Crippen molar-refractivity contribution in [2.75, 3.05) is 13.1 Å². The van der Waals surface area contributed by atoms with Gasteiger partial charge >= 0.3 is 0 Å². The number of aromatic nitrogens is 1. The van der Waals surface area contributed by atoms with Gasteiger partial charge in [-0.3, -0.25) is 9.78 Å². The molecule has 2 fully saturated rings. The highest BCUT2D eigenvalue weighted by molar-refractivity contribution is 5.81. The Labute approximate surface area is 120 Å². The van der Waals surface area contributed by atoms with Gasteiger partial charge in [0.1, 0.15) is 0 Å². The van der Waals surface area contributed by atoms with Crippen molar-refractivity contribution in [2.24, 2.45) is 11.8 Å². The Bertz CT molecular complexity index is 458. The molecule has 1 amide bonds. The normalized spacial score (nSPS) is 26.6. The molecule has 4 heteroatoms. The van der Waals surface area contributed by atoms with Gasteiger partial charge in [-0.2, -0.15) is 0 Å². The van der Waals surface area contributed by atoms with Crippen molar-refractivity contribution in [3.05, 3.63) is 30.1 Å². The van der Waals surface area contributed by atoms with E-state index in [-0.39, 0.29) is 0 Å². The minimum atomic E-state index is 0.349. The maximum Gasteiger partial charge on any atom is 0.225 e. The number of piperidine rings is 1. The Balaban J connectivity index is 1.48. The van der Waals surface area contributed by atoms with E-state index in [1.54, 1.807) is 6.20 Å². The van der Waals surface area contributed by atoms with Gasteiger partial charge in [0.05, 0.1) is 0 Å². The Morgan fingerprint density at radius 2 is 2.30 bits per heavy atom. The highest BCUT2D eigenvalue weighted by Crippen LogP contribution is 2.32. The van der Waals surface area contributed by atoms with Crippen LogP contribution in [0.15, 0.2) is 24.5 Å². The average molecular weight is 273 g/mol. The van der Waals surface area contributed by atoms with E-state index in [1.807, 2.05) is 12.3 Å². The number of carbonyl (C=O) groups excluding carboxylic acids is 1. The summed E-state index contributed by atoms with van der Waals surface area (Å²) in [5.41, 5.74) is 1.22. The fourth-order valence-electron chi connectivity index (χ4n) is 2.99. The quantitative estimate of drug-likeness (QED) is 0.910. The zero-order chi connectivity index (χ0) is 13.9. The molecule has 4 nitrogen and oxygen atoms in total. The van der Waals surface area contributed by atoms with E-state index in [2.05, 4.69) is 28.2 Å². The lowest BCUT2D eigenvalue weighted by molar-refractivity contribution is -0.134. The maximum absolute atomic E-state index is 12.1. The summed E-state index contributed by atoms with van der Waals surface area (Å²) in [6.45, 7) is 4.91. The predicted molar refractivity (Wildman–Crippen MR) is 77.9 cm³/mol. The lowest BCUT2D eigenvalue weighted by Crippen LogP contribution is -2.50. The van der Waals surface area contributed by atoms with Crippen LogP contribution < -0.4 is 5.32 Å². The van der Waals surface area contributed by atoms with Crippen molar-refractivity contribution in [3.8, 4) is 0 Å². The van der Waals surface area contributed by atoms with Crippen molar-refractivity contribution in [1.82, 2.24) is 15.2 Å². The maximum atomic E-state index is 12.1. The van der Waals surface area contributed by atoms with E-state index in [0.717, 1.165) is 38.9 Å². The van der Waals surface area contributed by atoms with Crippen LogP contribution in [-0.2, 0) is 11.3 Å². The lowest BCUT2D eigenvalue weighted by Gasteiger charge is -2.37. The third-order valence-electron chi connectivity index (χ3n) is 4.43. The first kappa shape index (κ1) is 13.6.